The van der Waals surface area contributed by atoms with Crippen molar-refractivity contribution in [2.45, 2.75) is 204 Å². The van der Waals surface area contributed by atoms with E-state index >= 15 is 0 Å². The highest BCUT2D eigenvalue weighted by Gasteiger charge is 2.78. The van der Waals surface area contributed by atoms with Gasteiger partial charge in [0.05, 0.1) is 6.61 Å². The summed E-state index contributed by atoms with van der Waals surface area (Å²) in [5, 5.41) is 12.6. The predicted molar refractivity (Wildman–Crippen MR) is 198 cm³/mol. The van der Waals surface area contributed by atoms with Gasteiger partial charge in [0.1, 0.15) is 18.3 Å². The molecule has 0 unspecified atom stereocenters. The van der Waals surface area contributed by atoms with E-state index in [-0.39, 0.29) is 45.5 Å². The Morgan fingerprint density at radius 2 is 1.09 bits per heavy atom. The summed E-state index contributed by atoms with van der Waals surface area (Å²) < 4.78 is 36.5. The van der Waals surface area contributed by atoms with Crippen LogP contribution < -0.4 is 0 Å². The first-order valence-electron chi connectivity index (χ1n) is 17.5. The molecule has 1 N–H and O–H groups in total. The van der Waals surface area contributed by atoms with Gasteiger partial charge in [0.15, 0.2) is 50.8 Å². The first-order valence-corrected chi connectivity index (χ1v) is 29.1. The average Bonchev–Trinajstić information content (AvgIpc) is 3.24. The maximum atomic E-state index is 13.9. The maximum Gasteiger partial charge on any atom is 0.227 e. The largest absolute Gasteiger partial charge is 0.414 e. The van der Waals surface area contributed by atoms with Gasteiger partial charge >= 0.3 is 0 Å². The van der Waals surface area contributed by atoms with Gasteiger partial charge in [0, 0.05) is 12.8 Å². The lowest BCUT2D eigenvalue weighted by Gasteiger charge is -2.56. The van der Waals surface area contributed by atoms with Crippen LogP contribution in [0.15, 0.2) is 0 Å². The number of rotatable bonds is 9. The SMILES string of the molecule is CC(C)(C)[Si](C)(C)OC[C@@]12O[C@@H]([C@H](O[Si](C)(C)C(C)(C)C)[C@@H](O[Si](C)(C)C(C)(C)C)[C@@H]1O[Si](C)(C)C(C)(C)C)N1C(=O)CC[C@]12O. The van der Waals surface area contributed by atoms with Gasteiger partial charge in [0.25, 0.3) is 0 Å². The van der Waals surface area contributed by atoms with Crippen LogP contribution in [0.5, 0.6) is 0 Å². The van der Waals surface area contributed by atoms with Crippen molar-refractivity contribution in [1.29, 1.82) is 0 Å². The number of carbonyl (C=O) groups is 1. The zero-order valence-corrected chi connectivity index (χ0v) is 37.3. The van der Waals surface area contributed by atoms with Crippen molar-refractivity contribution in [2.24, 2.45) is 0 Å². The lowest BCUT2D eigenvalue weighted by molar-refractivity contribution is -0.267. The highest BCUT2D eigenvalue weighted by molar-refractivity contribution is 6.75. The van der Waals surface area contributed by atoms with E-state index in [1.807, 2.05) is 0 Å². The van der Waals surface area contributed by atoms with Crippen LogP contribution in [0.1, 0.15) is 95.9 Å². The van der Waals surface area contributed by atoms with Gasteiger partial charge in [-0.15, -0.1) is 0 Å². The fraction of sp³-hybridized carbons (Fsp3) is 0.971. The van der Waals surface area contributed by atoms with E-state index in [0.29, 0.717) is 0 Å². The van der Waals surface area contributed by atoms with E-state index < -0.39 is 69.1 Å². The standard InChI is InChI=1S/C34H71NO7Si4/c1-29(2,3)43(13,14)38-23-33-27(42-46(19,20)32(10,11)12)25(40-44(15,16)30(4,5)6)26(41-45(17,18)31(7,8)9)28(39-33)35-24(36)21-22-34(33,35)37/h25-28,37H,21-23H2,1-20H3/t25-,26-,27+,28+,33-,34-/m1/s1. The number of nitrogens with zero attached hydrogens (tertiary/aromatic N) is 1. The molecule has 0 aromatic rings. The van der Waals surface area contributed by atoms with Crippen molar-refractivity contribution in [3.63, 3.8) is 0 Å². The molecule has 0 radical (unpaired) electrons. The second-order valence-electron chi connectivity index (χ2n) is 20.5. The van der Waals surface area contributed by atoms with Crippen molar-refractivity contribution in [3.8, 4) is 0 Å². The second kappa shape index (κ2) is 11.8. The van der Waals surface area contributed by atoms with Crippen LogP contribution in [0.2, 0.25) is 72.5 Å². The molecule has 12 heteroatoms. The van der Waals surface area contributed by atoms with Crippen molar-refractivity contribution in [3.05, 3.63) is 0 Å². The molecule has 2 bridgehead atoms. The molecule has 3 heterocycles. The van der Waals surface area contributed by atoms with Crippen molar-refractivity contribution in [2.75, 3.05) is 6.61 Å². The van der Waals surface area contributed by atoms with E-state index in [1.54, 1.807) is 4.90 Å². The normalized spacial score (nSPS) is 31.9. The van der Waals surface area contributed by atoms with Crippen LogP contribution in [0.25, 0.3) is 0 Å². The van der Waals surface area contributed by atoms with Crippen LogP contribution in [0.3, 0.4) is 0 Å². The summed E-state index contributed by atoms with van der Waals surface area (Å²) in [6, 6.07) is 0. The van der Waals surface area contributed by atoms with E-state index in [9.17, 15) is 9.90 Å². The van der Waals surface area contributed by atoms with Crippen LogP contribution in [0.4, 0.5) is 0 Å². The summed E-state index contributed by atoms with van der Waals surface area (Å²) in [5.41, 5.74) is -2.97. The molecule has 0 aromatic carbocycles. The average molecular weight is 718 g/mol. The first-order chi connectivity index (χ1) is 20.1. The minimum Gasteiger partial charge on any atom is -0.414 e. The minimum absolute atomic E-state index is 0.0646. The zero-order chi connectivity index (χ0) is 36.1. The molecule has 46 heavy (non-hydrogen) atoms. The monoisotopic (exact) mass is 717 g/mol. The molecule has 0 spiro atoms. The summed E-state index contributed by atoms with van der Waals surface area (Å²) >= 11 is 0. The Kier molecular flexibility index (Phi) is 10.4. The molecule has 1 amide bonds. The Hall–Kier alpha value is 0.0975. The van der Waals surface area contributed by atoms with E-state index in [0.717, 1.165) is 0 Å². The Labute approximate surface area is 286 Å². The molecular weight excluding hydrogens is 647 g/mol. The Bertz CT molecular complexity index is 1150. The van der Waals surface area contributed by atoms with Gasteiger partial charge in [-0.05, 0) is 72.5 Å². The van der Waals surface area contributed by atoms with Crippen LogP contribution >= 0.6 is 0 Å². The van der Waals surface area contributed by atoms with Crippen LogP contribution in [-0.4, -0.2) is 91.7 Å². The molecule has 3 saturated heterocycles. The molecule has 3 fully saturated rings. The smallest absolute Gasteiger partial charge is 0.227 e. The maximum absolute atomic E-state index is 13.9. The molecular formula is C34H71NO7Si4. The molecule has 3 rings (SSSR count). The minimum atomic E-state index is -2.52. The van der Waals surface area contributed by atoms with Crippen molar-refractivity contribution >= 4 is 39.2 Å². The number of amides is 1. The summed E-state index contributed by atoms with van der Waals surface area (Å²) in [7, 11) is -9.74. The Balaban J connectivity index is 2.40. The topological polar surface area (TPSA) is 86.7 Å². The highest BCUT2D eigenvalue weighted by Crippen LogP contribution is 2.59. The molecule has 0 aromatic heterocycles. The van der Waals surface area contributed by atoms with Gasteiger partial charge in [-0.2, -0.15) is 0 Å². The number of fused-ring (bicyclic) bond motifs is 5. The van der Waals surface area contributed by atoms with E-state index in [4.69, 9.17) is 22.4 Å². The first kappa shape index (κ1) is 40.5. The number of carbonyl (C=O) groups excluding carboxylic acids is 1. The summed E-state index contributed by atoms with van der Waals surface area (Å²) in [6.07, 6.45) is -2.26. The molecule has 8 nitrogen and oxygen atoms in total. The number of aliphatic hydroxyl groups is 1. The Morgan fingerprint density at radius 1 is 0.696 bits per heavy atom. The summed E-state index contributed by atoms with van der Waals surface area (Å²) in [4.78, 5) is 15.5. The predicted octanol–water partition coefficient (Wildman–Crippen LogP) is 8.60. The van der Waals surface area contributed by atoms with Crippen LogP contribution in [-0.2, 0) is 27.2 Å². The third-order valence-electron chi connectivity index (χ3n) is 13.1. The zero-order valence-electron chi connectivity index (χ0n) is 33.3. The molecule has 6 atom stereocenters. The van der Waals surface area contributed by atoms with Gasteiger partial charge in [0.2, 0.25) is 5.91 Å². The van der Waals surface area contributed by atoms with E-state index in [1.165, 1.54) is 0 Å². The lowest BCUT2D eigenvalue weighted by Crippen LogP contribution is -2.74. The van der Waals surface area contributed by atoms with Gasteiger partial charge in [-0.1, -0.05) is 83.1 Å². The highest BCUT2D eigenvalue weighted by atomic mass is 28.4. The van der Waals surface area contributed by atoms with Gasteiger partial charge in [-0.25, -0.2) is 0 Å². The third-order valence-corrected chi connectivity index (χ3v) is 31.0. The fourth-order valence-electron chi connectivity index (χ4n) is 5.65. The summed E-state index contributed by atoms with van der Waals surface area (Å²) in [6.45, 7) is 44.7. The molecule has 0 aliphatic carbocycles. The van der Waals surface area contributed by atoms with Crippen molar-refractivity contribution in [1.82, 2.24) is 4.90 Å². The van der Waals surface area contributed by atoms with Crippen LogP contribution in [0, 0.1) is 0 Å². The van der Waals surface area contributed by atoms with E-state index in [2.05, 4.69) is 135 Å². The number of hydrogen-bond acceptors (Lipinski definition) is 7. The summed E-state index contributed by atoms with van der Waals surface area (Å²) in [5.74, 6) is -0.121. The second-order valence-corrected chi connectivity index (χ2v) is 39.6. The molecule has 3 aliphatic rings. The fourth-order valence-corrected chi connectivity index (χ4v) is 10.5. The molecule has 270 valence electrons. The third kappa shape index (κ3) is 6.76. The number of hydrogen-bond donors (Lipinski definition) is 1. The molecule has 0 saturated carbocycles. The Morgan fingerprint density at radius 3 is 1.50 bits per heavy atom. The lowest BCUT2D eigenvalue weighted by atomic mass is 9.80. The molecule has 3 aliphatic heterocycles. The van der Waals surface area contributed by atoms with Gasteiger partial charge < -0.3 is 27.5 Å². The van der Waals surface area contributed by atoms with Gasteiger partial charge in [-0.3, -0.25) is 9.69 Å². The van der Waals surface area contributed by atoms with Crippen molar-refractivity contribution < 1.29 is 32.3 Å². The number of ether oxygens (including phenoxy) is 1. The quantitative estimate of drug-likeness (QED) is 0.239.